The maximum Gasteiger partial charge on any atom is 0.307 e. The second-order valence-electron chi connectivity index (χ2n) is 9.10. The van der Waals surface area contributed by atoms with Gasteiger partial charge in [0.25, 0.3) is 5.91 Å². The quantitative estimate of drug-likeness (QED) is 0.657. The summed E-state index contributed by atoms with van der Waals surface area (Å²) in [4.78, 5) is 37.7. The van der Waals surface area contributed by atoms with Gasteiger partial charge in [-0.3, -0.25) is 14.4 Å². The van der Waals surface area contributed by atoms with Crippen LogP contribution in [-0.4, -0.2) is 28.9 Å². The fourth-order valence-electron chi connectivity index (χ4n) is 5.65. The van der Waals surface area contributed by atoms with Gasteiger partial charge in [-0.25, -0.2) is 0 Å². The SMILES string of the molecule is O=C(NC1CCCCC1)C1=C(NC(=O)C2CCCCC2C(=O)O)CC2=C1CCC2. The lowest BCUT2D eigenvalue weighted by Gasteiger charge is -2.28. The highest BCUT2D eigenvalue weighted by Crippen LogP contribution is 2.42. The second kappa shape index (κ2) is 8.72. The van der Waals surface area contributed by atoms with Gasteiger partial charge in [-0.15, -0.1) is 0 Å². The molecule has 6 nitrogen and oxygen atoms in total. The lowest BCUT2D eigenvalue weighted by atomic mass is 9.78. The zero-order valence-electron chi connectivity index (χ0n) is 17.1. The van der Waals surface area contributed by atoms with E-state index in [-0.39, 0.29) is 17.9 Å². The average Bonchev–Trinajstić information content (AvgIpc) is 3.29. The molecule has 4 aliphatic rings. The smallest absolute Gasteiger partial charge is 0.307 e. The van der Waals surface area contributed by atoms with Crippen LogP contribution in [-0.2, 0) is 14.4 Å². The van der Waals surface area contributed by atoms with Gasteiger partial charge in [-0.1, -0.05) is 37.7 Å². The summed E-state index contributed by atoms with van der Waals surface area (Å²) < 4.78 is 0. The topological polar surface area (TPSA) is 95.5 Å². The Labute approximate surface area is 172 Å². The van der Waals surface area contributed by atoms with Crippen LogP contribution in [0.4, 0.5) is 0 Å². The molecule has 2 unspecified atom stereocenters. The molecule has 4 aliphatic carbocycles. The fourth-order valence-corrected chi connectivity index (χ4v) is 5.65. The number of carbonyl (C=O) groups excluding carboxylic acids is 2. The molecule has 0 aromatic rings. The lowest BCUT2D eigenvalue weighted by Crippen LogP contribution is -2.41. The molecule has 0 saturated heterocycles. The first-order valence-corrected chi connectivity index (χ1v) is 11.3. The number of carboxylic acid groups (broad SMARTS) is 1. The zero-order chi connectivity index (χ0) is 20.4. The molecule has 0 aromatic carbocycles. The van der Waals surface area contributed by atoms with Gasteiger partial charge in [-0.05, 0) is 50.5 Å². The van der Waals surface area contributed by atoms with Crippen LogP contribution in [0.15, 0.2) is 22.4 Å². The van der Waals surface area contributed by atoms with Gasteiger partial charge in [0, 0.05) is 18.2 Å². The van der Waals surface area contributed by atoms with E-state index in [1.807, 2.05) is 0 Å². The second-order valence-corrected chi connectivity index (χ2v) is 9.10. The molecule has 2 amide bonds. The highest BCUT2D eigenvalue weighted by atomic mass is 16.4. The van der Waals surface area contributed by atoms with Crippen molar-refractivity contribution in [1.82, 2.24) is 10.6 Å². The standard InChI is InChI=1S/C23H32N2O4/c26-21(17-10-4-5-11-18(17)23(28)29)25-19-13-14-7-6-12-16(14)20(19)22(27)24-15-8-2-1-3-9-15/h15,17-18H,1-13H2,(H,24,27)(H,25,26)(H,28,29). The first-order valence-electron chi connectivity index (χ1n) is 11.3. The van der Waals surface area contributed by atoms with E-state index >= 15 is 0 Å². The summed E-state index contributed by atoms with van der Waals surface area (Å²) >= 11 is 0. The van der Waals surface area contributed by atoms with E-state index in [0.29, 0.717) is 30.5 Å². The van der Waals surface area contributed by atoms with Gasteiger partial charge in [-0.2, -0.15) is 0 Å². The van der Waals surface area contributed by atoms with Gasteiger partial charge in [0.2, 0.25) is 5.91 Å². The first-order chi connectivity index (χ1) is 14.0. The predicted octanol–water partition coefficient (Wildman–Crippen LogP) is 3.58. The molecule has 0 heterocycles. The third-order valence-electron chi connectivity index (χ3n) is 7.19. The van der Waals surface area contributed by atoms with Crippen molar-refractivity contribution in [2.45, 2.75) is 89.5 Å². The highest BCUT2D eigenvalue weighted by Gasteiger charge is 2.38. The lowest BCUT2D eigenvalue weighted by molar-refractivity contribution is -0.148. The number of hydrogen-bond donors (Lipinski definition) is 3. The van der Waals surface area contributed by atoms with Crippen LogP contribution >= 0.6 is 0 Å². The summed E-state index contributed by atoms with van der Waals surface area (Å²) in [5.41, 5.74) is 3.75. The normalized spacial score (nSPS) is 27.7. The molecule has 0 aliphatic heterocycles. The fraction of sp³-hybridized carbons (Fsp3) is 0.696. The first kappa shape index (κ1) is 20.2. The maximum atomic E-state index is 13.1. The number of allylic oxidation sites excluding steroid dienone is 1. The molecule has 2 atom stereocenters. The summed E-state index contributed by atoms with van der Waals surface area (Å²) in [7, 11) is 0. The molecule has 29 heavy (non-hydrogen) atoms. The van der Waals surface area contributed by atoms with E-state index < -0.39 is 17.8 Å². The molecular weight excluding hydrogens is 368 g/mol. The Bertz CT molecular complexity index is 761. The van der Waals surface area contributed by atoms with Crippen molar-refractivity contribution in [3.8, 4) is 0 Å². The molecule has 4 rings (SSSR count). The molecule has 0 bridgehead atoms. The Balaban J connectivity index is 1.51. The minimum Gasteiger partial charge on any atom is -0.481 e. The van der Waals surface area contributed by atoms with Crippen molar-refractivity contribution in [1.29, 1.82) is 0 Å². The van der Waals surface area contributed by atoms with Crippen LogP contribution < -0.4 is 10.6 Å². The molecule has 0 radical (unpaired) electrons. The highest BCUT2D eigenvalue weighted by molar-refractivity contribution is 6.01. The van der Waals surface area contributed by atoms with Crippen LogP contribution in [0, 0.1) is 11.8 Å². The largest absolute Gasteiger partial charge is 0.481 e. The third-order valence-corrected chi connectivity index (χ3v) is 7.19. The number of amides is 2. The molecule has 0 spiro atoms. The summed E-state index contributed by atoms with van der Waals surface area (Å²) in [5, 5.41) is 15.7. The van der Waals surface area contributed by atoms with Gasteiger partial charge in [0.05, 0.1) is 17.4 Å². The Morgan fingerprint density at radius 2 is 1.52 bits per heavy atom. The van der Waals surface area contributed by atoms with Crippen LogP contribution in [0.3, 0.4) is 0 Å². The molecule has 158 valence electrons. The monoisotopic (exact) mass is 400 g/mol. The van der Waals surface area contributed by atoms with Gasteiger partial charge in [0.15, 0.2) is 0 Å². The van der Waals surface area contributed by atoms with Crippen LogP contribution in [0.1, 0.15) is 83.5 Å². The molecular formula is C23H32N2O4. The summed E-state index contributed by atoms with van der Waals surface area (Å²) in [5.74, 6) is -2.30. The predicted molar refractivity (Wildman–Crippen MR) is 109 cm³/mol. The van der Waals surface area contributed by atoms with Crippen molar-refractivity contribution >= 4 is 17.8 Å². The number of rotatable bonds is 5. The Hall–Kier alpha value is -2.11. The van der Waals surface area contributed by atoms with E-state index in [9.17, 15) is 19.5 Å². The molecule has 3 N–H and O–H groups in total. The number of carboxylic acids is 1. The Morgan fingerprint density at radius 3 is 2.24 bits per heavy atom. The number of hydrogen-bond acceptors (Lipinski definition) is 3. The van der Waals surface area contributed by atoms with E-state index in [0.717, 1.165) is 63.4 Å². The average molecular weight is 401 g/mol. The number of carbonyl (C=O) groups is 3. The van der Waals surface area contributed by atoms with E-state index in [1.54, 1.807) is 0 Å². The van der Waals surface area contributed by atoms with Crippen LogP contribution in [0.2, 0.25) is 0 Å². The molecule has 2 saturated carbocycles. The number of aliphatic carboxylic acids is 1. The van der Waals surface area contributed by atoms with Crippen molar-refractivity contribution in [2.75, 3.05) is 0 Å². The van der Waals surface area contributed by atoms with Gasteiger partial charge >= 0.3 is 5.97 Å². The van der Waals surface area contributed by atoms with Gasteiger partial charge in [0.1, 0.15) is 0 Å². The summed E-state index contributed by atoms with van der Waals surface area (Å²) in [6, 6.07) is 0.224. The van der Waals surface area contributed by atoms with E-state index in [1.165, 1.54) is 12.0 Å². The number of nitrogens with one attached hydrogen (secondary N) is 2. The third kappa shape index (κ3) is 4.26. The summed E-state index contributed by atoms with van der Waals surface area (Å²) in [6.07, 6.45) is 12.0. The van der Waals surface area contributed by atoms with E-state index in [2.05, 4.69) is 10.6 Å². The molecule has 2 fully saturated rings. The van der Waals surface area contributed by atoms with Crippen molar-refractivity contribution in [3.05, 3.63) is 22.4 Å². The van der Waals surface area contributed by atoms with Gasteiger partial charge < -0.3 is 15.7 Å². The van der Waals surface area contributed by atoms with Crippen LogP contribution in [0.25, 0.3) is 0 Å². The summed E-state index contributed by atoms with van der Waals surface area (Å²) in [6.45, 7) is 0. The van der Waals surface area contributed by atoms with Crippen molar-refractivity contribution in [2.24, 2.45) is 11.8 Å². The van der Waals surface area contributed by atoms with Crippen LogP contribution in [0.5, 0.6) is 0 Å². The van der Waals surface area contributed by atoms with Crippen molar-refractivity contribution < 1.29 is 19.5 Å². The molecule has 6 heteroatoms. The van der Waals surface area contributed by atoms with Crippen molar-refractivity contribution in [3.63, 3.8) is 0 Å². The maximum absolute atomic E-state index is 13.1. The minimum absolute atomic E-state index is 0.0578. The zero-order valence-corrected chi connectivity index (χ0v) is 17.1. The Kier molecular flexibility index (Phi) is 6.07. The molecule has 0 aromatic heterocycles. The van der Waals surface area contributed by atoms with E-state index in [4.69, 9.17) is 0 Å². The minimum atomic E-state index is -0.888. The Morgan fingerprint density at radius 1 is 0.828 bits per heavy atom.